The van der Waals surface area contributed by atoms with Gasteiger partial charge in [-0.1, -0.05) is 0 Å². The third-order valence-electron chi connectivity index (χ3n) is 2.81. The molecule has 1 aromatic carbocycles. The second-order valence-electron chi connectivity index (χ2n) is 3.75. The third-order valence-corrected chi connectivity index (χ3v) is 4.04. The number of carboxylic acids is 1. The minimum Gasteiger partial charge on any atom is -0.493 e. The normalized spacial score (nSPS) is 17.3. The summed E-state index contributed by atoms with van der Waals surface area (Å²) >= 11 is 1.45. The van der Waals surface area contributed by atoms with Gasteiger partial charge in [-0.15, -0.1) is 24.2 Å². The van der Waals surface area contributed by atoms with E-state index in [1.165, 1.54) is 11.8 Å². The van der Waals surface area contributed by atoms with Crippen LogP contribution in [0.5, 0.6) is 11.5 Å². The largest absolute Gasteiger partial charge is 0.493 e. The van der Waals surface area contributed by atoms with Gasteiger partial charge in [0, 0.05) is 0 Å². The predicted octanol–water partition coefficient (Wildman–Crippen LogP) is 2.54. The fourth-order valence-corrected chi connectivity index (χ4v) is 3.09. The van der Waals surface area contributed by atoms with Crippen molar-refractivity contribution in [1.29, 1.82) is 0 Å². The Morgan fingerprint density at radius 1 is 1.33 bits per heavy atom. The summed E-state index contributed by atoms with van der Waals surface area (Å²) in [7, 11) is 3.13. The summed E-state index contributed by atoms with van der Waals surface area (Å²) in [5, 5.41) is 8.68. The van der Waals surface area contributed by atoms with Crippen molar-refractivity contribution in [1.82, 2.24) is 0 Å². The van der Waals surface area contributed by atoms with Crippen molar-refractivity contribution in [2.75, 3.05) is 20.0 Å². The van der Waals surface area contributed by atoms with Crippen molar-refractivity contribution in [3.8, 4) is 11.5 Å². The molecule has 18 heavy (non-hydrogen) atoms. The Hall–Kier alpha value is -1.07. The molecule has 0 bridgehead atoms. The number of ether oxygens (including phenoxy) is 2. The van der Waals surface area contributed by atoms with Crippen molar-refractivity contribution in [3.63, 3.8) is 0 Å². The van der Waals surface area contributed by atoms with E-state index in [2.05, 4.69) is 0 Å². The maximum Gasteiger partial charge on any atom is 0.321 e. The number of hydrogen-bond acceptors (Lipinski definition) is 4. The van der Waals surface area contributed by atoms with Gasteiger partial charge in [0.15, 0.2) is 11.5 Å². The number of halogens is 1. The van der Waals surface area contributed by atoms with Crippen molar-refractivity contribution in [2.45, 2.75) is 11.7 Å². The molecule has 1 aromatic rings. The van der Waals surface area contributed by atoms with Crippen molar-refractivity contribution in [3.05, 3.63) is 23.3 Å². The molecule has 0 saturated carbocycles. The number of methoxy groups -OCH3 is 2. The van der Waals surface area contributed by atoms with Crippen LogP contribution in [0.4, 0.5) is 0 Å². The third kappa shape index (κ3) is 2.67. The Morgan fingerprint density at radius 3 is 2.50 bits per heavy atom. The predicted molar refractivity (Wildman–Crippen MR) is 73.3 cm³/mol. The number of hydrogen-bond donors (Lipinski definition) is 1. The molecule has 0 amide bonds. The highest BCUT2D eigenvalue weighted by Gasteiger charge is 2.28. The number of rotatable bonds is 3. The maximum absolute atomic E-state index is 11.2. The summed E-state index contributed by atoms with van der Waals surface area (Å²) in [4.78, 5) is 11.2. The van der Waals surface area contributed by atoms with E-state index in [1.807, 2.05) is 6.07 Å². The van der Waals surface area contributed by atoms with Crippen LogP contribution in [0.2, 0.25) is 0 Å². The minimum atomic E-state index is -0.803. The average Bonchev–Trinajstić information content (AvgIpc) is 2.35. The van der Waals surface area contributed by atoms with E-state index in [-0.39, 0.29) is 12.4 Å². The molecule has 0 fully saturated rings. The Morgan fingerprint density at radius 2 is 1.94 bits per heavy atom. The lowest BCUT2D eigenvalue weighted by atomic mass is 10.0. The number of thioether (sulfide) groups is 1. The lowest BCUT2D eigenvalue weighted by Gasteiger charge is -2.23. The van der Waals surface area contributed by atoms with E-state index in [4.69, 9.17) is 9.47 Å². The van der Waals surface area contributed by atoms with Gasteiger partial charge in [-0.3, -0.25) is 4.79 Å². The zero-order valence-corrected chi connectivity index (χ0v) is 11.8. The summed E-state index contributed by atoms with van der Waals surface area (Å²) in [5.41, 5.74) is 1.86. The fourth-order valence-electron chi connectivity index (χ4n) is 1.98. The second-order valence-corrected chi connectivity index (χ2v) is 4.96. The first kappa shape index (κ1) is 15.0. The molecular weight excluding hydrogens is 276 g/mol. The minimum absolute atomic E-state index is 0. The molecular formula is C12H15ClO4S. The molecule has 1 heterocycles. The van der Waals surface area contributed by atoms with Gasteiger partial charge < -0.3 is 14.6 Å². The van der Waals surface area contributed by atoms with Crippen molar-refractivity contribution in [2.24, 2.45) is 0 Å². The number of carboxylic acid groups (broad SMARTS) is 1. The standard InChI is InChI=1S/C12H14O4S.ClH/c1-15-9-5-7-3-4-17-11(12(13)14)8(7)6-10(9)16-2;/h5-6,11H,3-4H2,1-2H3,(H,13,14);1H. The summed E-state index contributed by atoms with van der Waals surface area (Å²) in [6.45, 7) is 0. The van der Waals surface area contributed by atoms with Gasteiger partial charge in [0.25, 0.3) is 0 Å². The van der Waals surface area contributed by atoms with Gasteiger partial charge in [-0.05, 0) is 35.4 Å². The lowest BCUT2D eigenvalue weighted by Crippen LogP contribution is -2.16. The summed E-state index contributed by atoms with van der Waals surface area (Å²) in [5.74, 6) is 1.25. The first-order chi connectivity index (χ1) is 8.17. The Bertz CT molecular complexity index is 450. The number of fused-ring (bicyclic) bond motifs is 1. The van der Waals surface area contributed by atoms with Crippen LogP contribution in [0.1, 0.15) is 16.4 Å². The number of carbonyl (C=O) groups is 1. The molecule has 0 spiro atoms. The van der Waals surface area contributed by atoms with Crippen molar-refractivity contribution < 1.29 is 19.4 Å². The van der Waals surface area contributed by atoms with Gasteiger partial charge >= 0.3 is 5.97 Å². The maximum atomic E-state index is 11.2. The number of benzene rings is 1. The summed E-state index contributed by atoms with van der Waals surface area (Å²) in [6.07, 6.45) is 0.865. The lowest BCUT2D eigenvalue weighted by molar-refractivity contribution is -0.136. The summed E-state index contributed by atoms with van der Waals surface area (Å²) in [6, 6.07) is 3.66. The van der Waals surface area contributed by atoms with Gasteiger partial charge in [-0.25, -0.2) is 0 Å². The van der Waals surface area contributed by atoms with E-state index in [0.717, 1.165) is 23.3 Å². The van der Waals surface area contributed by atoms with Gasteiger partial charge in [0.2, 0.25) is 0 Å². The van der Waals surface area contributed by atoms with Crippen LogP contribution in [-0.4, -0.2) is 31.0 Å². The van der Waals surface area contributed by atoms with Gasteiger partial charge in [0.1, 0.15) is 5.25 Å². The van der Waals surface area contributed by atoms with Crippen LogP contribution < -0.4 is 9.47 Å². The average molecular weight is 291 g/mol. The monoisotopic (exact) mass is 290 g/mol. The van der Waals surface area contributed by atoms with E-state index in [9.17, 15) is 9.90 Å². The Labute approximate surface area is 116 Å². The first-order valence-electron chi connectivity index (χ1n) is 5.26. The molecule has 0 aromatic heterocycles. The smallest absolute Gasteiger partial charge is 0.321 e. The highest BCUT2D eigenvalue weighted by atomic mass is 35.5. The van der Waals surface area contributed by atoms with Crippen LogP contribution in [-0.2, 0) is 11.2 Å². The number of aryl methyl sites for hydroxylation is 1. The van der Waals surface area contributed by atoms with E-state index >= 15 is 0 Å². The molecule has 1 atom stereocenters. The van der Waals surface area contributed by atoms with Crippen LogP contribution in [0.15, 0.2) is 12.1 Å². The molecule has 0 saturated heterocycles. The van der Waals surface area contributed by atoms with E-state index in [1.54, 1.807) is 20.3 Å². The molecule has 1 N–H and O–H groups in total. The molecule has 0 radical (unpaired) electrons. The molecule has 1 unspecified atom stereocenters. The van der Waals surface area contributed by atoms with Crippen LogP contribution in [0, 0.1) is 0 Å². The first-order valence-corrected chi connectivity index (χ1v) is 6.31. The van der Waals surface area contributed by atoms with E-state index < -0.39 is 11.2 Å². The SMILES string of the molecule is COc1cc2c(cc1OC)C(C(=O)O)SCC2.Cl. The zero-order chi connectivity index (χ0) is 12.4. The Kier molecular flexibility index (Phi) is 5.16. The van der Waals surface area contributed by atoms with Gasteiger partial charge in [-0.2, -0.15) is 0 Å². The molecule has 6 heteroatoms. The fraction of sp³-hybridized carbons (Fsp3) is 0.417. The van der Waals surface area contributed by atoms with Crippen LogP contribution in [0.25, 0.3) is 0 Å². The quantitative estimate of drug-likeness (QED) is 0.927. The molecule has 1 aliphatic rings. The van der Waals surface area contributed by atoms with E-state index in [0.29, 0.717) is 11.5 Å². The molecule has 4 nitrogen and oxygen atoms in total. The molecule has 100 valence electrons. The van der Waals surface area contributed by atoms with Crippen molar-refractivity contribution >= 4 is 30.1 Å². The highest BCUT2D eigenvalue weighted by Crippen LogP contribution is 2.42. The molecule has 2 rings (SSSR count). The zero-order valence-electron chi connectivity index (χ0n) is 10.1. The molecule has 0 aliphatic carbocycles. The topological polar surface area (TPSA) is 55.8 Å². The van der Waals surface area contributed by atoms with Crippen LogP contribution >= 0.6 is 24.2 Å². The van der Waals surface area contributed by atoms with Crippen LogP contribution in [0.3, 0.4) is 0 Å². The van der Waals surface area contributed by atoms with Gasteiger partial charge in [0.05, 0.1) is 14.2 Å². The highest BCUT2D eigenvalue weighted by molar-refractivity contribution is 8.00. The second kappa shape index (κ2) is 6.20. The Balaban J connectivity index is 0.00000162. The number of aliphatic carboxylic acids is 1. The summed E-state index contributed by atoms with van der Waals surface area (Å²) < 4.78 is 10.4. The molecule has 1 aliphatic heterocycles.